The van der Waals surface area contributed by atoms with Gasteiger partial charge in [0.15, 0.2) is 11.5 Å². The van der Waals surface area contributed by atoms with Gasteiger partial charge < -0.3 is 25.3 Å². The maximum absolute atomic E-state index is 12.5. The fourth-order valence-corrected chi connectivity index (χ4v) is 2.77. The summed E-state index contributed by atoms with van der Waals surface area (Å²) >= 11 is 0. The van der Waals surface area contributed by atoms with Crippen LogP contribution in [0.15, 0.2) is 60.9 Å². The van der Waals surface area contributed by atoms with Gasteiger partial charge in [0.1, 0.15) is 11.5 Å². The van der Waals surface area contributed by atoms with E-state index in [2.05, 4.69) is 10.3 Å². The van der Waals surface area contributed by atoms with Crippen LogP contribution in [0.25, 0.3) is 0 Å². The molecule has 3 aromatic rings. The second-order valence-electron chi connectivity index (χ2n) is 6.19. The minimum atomic E-state index is -0.225. The lowest BCUT2D eigenvalue weighted by molar-refractivity contribution is 0.0950. The van der Waals surface area contributed by atoms with Crippen molar-refractivity contribution >= 4 is 5.91 Å². The van der Waals surface area contributed by atoms with E-state index in [-0.39, 0.29) is 5.91 Å². The predicted molar refractivity (Wildman–Crippen MR) is 109 cm³/mol. The summed E-state index contributed by atoms with van der Waals surface area (Å²) < 4.78 is 16.7. The van der Waals surface area contributed by atoms with Crippen LogP contribution in [0.3, 0.4) is 0 Å². The highest BCUT2D eigenvalue weighted by Crippen LogP contribution is 2.34. The fraction of sp³-hybridized carbons (Fsp3) is 0.182. The van der Waals surface area contributed by atoms with E-state index in [1.54, 1.807) is 56.9 Å². The van der Waals surface area contributed by atoms with Crippen LogP contribution >= 0.6 is 0 Å². The van der Waals surface area contributed by atoms with Crippen LogP contribution in [0, 0.1) is 0 Å². The van der Waals surface area contributed by atoms with Crippen molar-refractivity contribution in [1.29, 1.82) is 0 Å². The van der Waals surface area contributed by atoms with Crippen LogP contribution in [0.5, 0.6) is 23.0 Å². The minimum Gasteiger partial charge on any atom is -0.496 e. The molecule has 0 atom stereocenters. The number of methoxy groups -OCH3 is 2. The van der Waals surface area contributed by atoms with Crippen molar-refractivity contribution in [3.05, 3.63) is 77.6 Å². The molecule has 29 heavy (non-hydrogen) atoms. The molecule has 0 fully saturated rings. The zero-order chi connectivity index (χ0) is 20.6. The molecule has 1 aromatic heterocycles. The van der Waals surface area contributed by atoms with Gasteiger partial charge in [0.25, 0.3) is 5.91 Å². The Morgan fingerprint density at radius 1 is 1.03 bits per heavy atom. The van der Waals surface area contributed by atoms with E-state index in [1.165, 1.54) is 0 Å². The molecule has 0 unspecified atom stereocenters. The van der Waals surface area contributed by atoms with E-state index in [4.69, 9.17) is 19.9 Å². The Labute approximate surface area is 169 Å². The first-order valence-corrected chi connectivity index (χ1v) is 9.04. The van der Waals surface area contributed by atoms with Gasteiger partial charge in [-0.25, -0.2) is 0 Å². The molecule has 2 aromatic carbocycles. The molecule has 7 nitrogen and oxygen atoms in total. The molecule has 0 saturated heterocycles. The minimum absolute atomic E-state index is 0.225. The first-order valence-electron chi connectivity index (χ1n) is 9.04. The predicted octanol–water partition coefficient (Wildman–Crippen LogP) is 3.28. The van der Waals surface area contributed by atoms with E-state index in [0.29, 0.717) is 41.7 Å². The summed E-state index contributed by atoms with van der Waals surface area (Å²) in [5, 5.41) is 2.87. The lowest BCUT2D eigenvalue weighted by Gasteiger charge is -2.14. The molecule has 150 valence electrons. The molecule has 0 aliphatic rings. The normalized spacial score (nSPS) is 10.3. The Balaban J connectivity index is 1.79. The number of pyridine rings is 1. The highest BCUT2D eigenvalue weighted by molar-refractivity contribution is 5.94. The van der Waals surface area contributed by atoms with Crippen molar-refractivity contribution in [3.63, 3.8) is 0 Å². The van der Waals surface area contributed by atoms with Crippen molar-refractivity contribution in [3.8, 4) is 23.0 Å². The molecule has 1 heterocycles. The second-order valence-corrected chi connectivity index (χ2v) is 6.19. The van der Waals surface area contributed by atoms with Crippen molar-refractivity contribution in [1.82, 2.24) is 10.3 Å². The summed E-state index contributed by atoms with van der Waals surface area (Å²) in [5.74, 6) is 1.89. The maximum Gasteiger partial charge on any atom is 0.251 e. The largest absolute Gasteiger partial charge is 0.496 e. The Kier molecular flexibility index (Phi) is 6.65. The molecule has 0 bridgehead atoms. The van der Waals surface area contributed by atoms with Gasteiger partial charge in [-0.3, -0.25) is 9.78 Å². The first kappa shape index (κ1) is 20.2. The number of ether oxygens (including phenoxy) is 3. The van der Waals surface area contributed by atoms with Crippen LogP contribution < -0.4 is 25.3 Å². The standard InChI is InChI=1S/C22H23N3O4/c1-27-19-8-6-16(22(26)25-14-15-4-3-9-24-13-15)10-21(19)29-18-7-5-17(12-23)20(11-18)28-2/h3-11,13H,12,14,23H2,1-2H3,(H,25,26). The fourth-order valence-electron chi connectivity index (χ4n) is 2.77. The smallest absolute Gasteiger partial charge is 0.251 e. The maximum atomic E-state index is 12.5. The zero-order valence-corrected chi connectivity index (χ0v) is 16.3. The summed E-state index contributed by atoms with van der Waals surface area (Å²) in [6.07, 6.45) is 3.40. The SMILES string of the molecule is COc1cc(Oc2cc(C(=O)NCc3cccnc3)ccc2OC)ccc1CN. The summed E-state index contributed by atoms with van der Waals surface area (Å²) in [7, 11) is 3.12. The Bertz CT molecular complexity index is 977. The number of carbonyl (C=O) groups is 1. The van der Waals surface area contributed by atoms with Crippen LogP contribution in [0.1, 0.15) is 21.5 Å². The van der Waals surface area contributed by atoms with E-state index in [9.17, 15) is 4.79 Å². The number of aromatic nitrogens is 1. The van der Waals surface area contributed by atoms with Crippen LogP contribution in [0.2, 0.25) is 0 Å². The molecule has 3 N–H and O–H groups in total. The summed E-state index contributed by atoms with van der Waals surface area (Å²) in [5.41, 5.74) is 7.95. The number of hydrogen-bond acceptors (Lipinski definition) is 6. The number of nitrogens with one attached hydrogen (secondary N) is 1. The average molecular weight is 393 g/mol. The topological polar surface area (TPSA) is 95.7 Å². The number of benzene rings is 2. The van der Waals surface area contributed by atoms with Gasteiger partial charge in [-0.2, -0.15) is 0 Å². The van der Waals surface area contributed by atoms with Crippen LogP contribution in [-0.4, -0.2) is 25.1 Å². The zero-order valence-electron chi connectivity index (χ0n) is 16.3. The van der Waals surface area contributed by atoms with Crippen molar-refractivity contribution in [2.24, 2.45) is 5.73 Å². The second kappa shape index (κ2) is 9.57. The van der Waals surface area contributed by atoms with E-state index in [1.807, 2.05) is 18.2 Å². The molecule has 0 saturated carbocycles. The van der Waals surface area contributed by atoms with Crippen molar-refractivity contribution in [2.75, 3.05) is 14.2 Å². The van der Waals surface area contributed by atoms with Gasteiger partial charge >= 0.3 is 0 Å². The van der Waals surface area contributed by atoms with Crippen LogP contribution in [-0.2, 0) is 13.1 Å². The molecule has 0 aliphatic carbocycles. The monoisotopic (exact) mass is 393 g/mol. The number of nitrogens with zero attached hydrogens (tertiary/aromatic N) is 1. The highest BCUT2D eigenvalue weighted by atomic mass is 16.5. The van der Waals surface area contributed by atoms with Gasteiger partial charge in [0, 0.05) is 42.7 Å². The molecule has 1 amide bonds. The van der Waals surface area contributed by atoms with E-state index in [0.717, 1.165) is 11.1 Å². The molecular weight excluding hydrogens is 370 g/mol. The van der Waals surface area contributed by atoms with E-state index < -0.39 is 0 Å². The summed E-state index contributed by atoms with van der Waals surface area (Å²) in [6, 6.07) is 14.1. The summed E-state index contributed by atoms with van der Waals surface area (Å²) in [6.45, 7) is 0.742. The Morgan fingerprint density at radius 3 is 2.55 bits per heavy atom. The molecule has 0 spiro atoms. The number of nitrogens with two attached hydrogens (primary N) is 1. The van der Waals surface area contributed by atoms with Gasteiger partial charge in [-0.1, -0.05) is 12.1 Å². The summed E-state index contributed by atoms with van der Waals surface area (Å²) in [4.78, 5) is 16.6. The van der Waals surface area contributed by atoms with Gasteiger partial charge in [-0.05, 0) is 35.9 Å². The quantitative estimate of drug-likeness (QED) is 0.610. The molecule has 0 radical (unpaired) electrons. The third kappa shape index (κ3) is 5.03. The van der Waals surface area contributed by atoms with Gasteiger partial charge in [0.05, 0.1) is 14.2 Å². The van der Waals surface area contributed by atoms with Crippen molar-refractivity contribution in [2.45, 2.75) is 13.1 Å². The molecular formula is C22H23N3O4. The number of rotatable bonds is 8. The van der Waals surface area contributed by atoms with Crippen molar-refractivity contribution < 1.29 is 19.0 Å². The number of hydrogen-bond donors (Lipinski definition) is 2. The molecule has 0 aliphatic heterocycles. The number of carbonyl (C=O) groups excluding carboxylic acids is 1. The number of amides is 1. The third-order valence-corrected chi connectivity index (χ3v) is 4.31. The van der Waals surface area contributed by atoms with E-state index >= 15 is 0 Å². The average Bonchev–Trinajstić information content (AvgIpc) is 2.78. The highest BCUT2D eigenvalue weighted by Gasteiger charge is 2.13. The Hall–Kier alpha value is -3.58. The van der Waals surface area contributed by atoms with Crippen LogP contribution in [0.4, 0.5) is 0 Å². The first-order chi connectivity index (χ1) is 14.1. The molecule has 3 rings (SSSR count). The van der Waals surface area contributed by atoms with Gasteiger partial charge in [0.2, 0.25) is 0 Å². The molecule has 7 heteroatoms. The lowest BCUT2D eigenvalue weighted by atomic mass is 10.1. The Morgan fingerprint density at radius 2 is 1.86 bits per heavy atom. The lowest BCUT2D eigenvalue weighted by Crippen LogP contribution is -2.22. The van der Waals surface area contributed by atoms with Gasteiger partial charge in [-0.15, -0.1) is 0 Å². The third-order valence-electron chi connectivity index (χ3n) is 4.31.